The Morgan fingerprint density at radius 1 is 1.10 bits per heavy atom. The summed E-state index contributed by atoms with van der Waals surface area (Å²) in [5, 5.41) is 21.4. The highest BCUT2D eigenvalue weighted by molar-refractivity contribution is 5.92. The number of likely N-dealkylation sites (N-methyl/N-ethyl adjacent to an activating group) is 1. The second kappa shape index (κ2) is 8.88. The first-order valence-electron chi connectivity index (χ1n) is 10.1. The summed E-state index contributed by atoms with van der Waals surface area (Å²) in [5.74, 6) is -0.621. The largest absolute Gasteiger partial charge is 0.507 e. The highest BCUT2D eigenvalue weighted by Crippen LogP contribution is 2.31. The zero-order valence-electron chi connectivity index (χ0n) is 18.7. The van der Waals surface area contributed by atoms with Crippen LogP contribution < -0.4 is 0 Å². The van der Waals surface area contributed by atoms with Gasteiger partial charge in [0.25, 0.3) is 0 Å². The van der Waals surface area contributed by atoms with Crippen molar-refractivity contribution in [3.8, 4) is 5.75 Å². The topological polar surface area (TPSA) is 57.5 Å². The molecule has 2 aromatic carbocycles. The Bertz CT molecular complexity index is 868. The molecule has 0 aliphatic carbocycles. The van der Waals surface area contributed by atoms with Gasteiger partial charge in [-0.05, 0) is 43.5 Å². The highest BCUT2D eigenvalue weighted by atomic mass is 16.3. The molecule has 0 bridgehead atoms. The summed E-state index contributed by atoms with van der Waals surface area (Å²) in [6.45, 7) is 3.98. The fraction of sp³-hybridized carbons (Fsp3) is 0.400. The number of aryl methyl sites for hydroxylation is 1. The zero-order valence-corrected chi connectivity index (χ0v) is 18.7. The molecule has 0 aromatic heterocycles. The van der Waals surface area contributed by atoms with E-state index in [-0.39, 0.29) is 28.4 Å². The number of rotatable bonds is 8. The number of aliphatic hydroxyl groups is 1. The Morgan fingerprint density at radius 2 is 1.70 bits per heavy atom. The summed E-state index contributed by atoms with van der Waals surface area (Å²) in [7, 11) is 17.4. The predicted octanol–water partition coefficient (Wildman–Crippen LogP) is 3.62. The van der Waals surface area contributed by atoms with Crippen molar-refractivity contribution in [3.05, 3.63) is 79.3 Å². The lowest BCUT2D eigenvalue weighted by molar-refractivity contribution is -0.896. The number of carbonyl (C=O) groups is 1. The molecule has 2 aromatic rings. The molecule has 0 fully saturated rings. The van der Waals surface area contributed by atoms with E-state index in [1.807, 2.05) is 25.2 Å². The fourth-order valence-electron chi connectivity index (χ4n) is 3.58. The zero-order chi connectivity index (χ0) is 22.7. The maximum absolute atomic E-state index is 12.6. The molecule has 0 spiro atoms. The van der Waals surface area contributed by atoms with E-state index in [1.165, 1.54) is 31.8 Å². The van der Waals surface area contributed by atoms with Gasteiger partial charge in [-0.3, -0.25) is 0 Å². The molecule has 0 heterocycles. The van der Waals surface area contributed by atoms with Crippen molar-refractivity contribution in [2.24, 2.45) is 0 Å². The number of carbonyl (C=O) groups excluding carboxylic acids is 1. The standard InChI is InChI=1S/C25H34N2O3/c1-19(13-14-20-11-9-8-10-12-20)27(6,7)18-25(2,30)21-15-16-23(28)22(17-21)24(29)26(3,4)5/h3,6,8-12,15-17,19,28,30H,13-14,18H2,1-2,4-5,7H3/q+2. The minimum atomic E-state index is -1.31. The Labute approximate surface area is 181 Å². The second-order valence-electron chi connectivity index (χ2n) is 9.23. The van der Waals surface area contributed by atoms with Crippen LogP contribution in [0.2, 0.25) is 0 Å². The van der Waals surface area contributed by atoms with Crippen LogP contribution in [0.15, 0.2) is 48.5 Å². The Kier molecular flexibility index (Phi) is 7.12. The fourth-order valence-corrected chi connectivity index (χ4v) is 3.58. The molecule has 5 heteroatoms. The quantitative estimate of drug-likeness (QED) is 0.654. The van der Waals surface area contributed by atoms with Crippen molar-refractivity contribution in [2.45, 2.75) is 38.3 Å². The van der Waals surface area contributed by atoms with Gasteiger partial charge in [-0.25, -0.2) is 9.28 Å². The number of nitrogens with zero attached hydrogens (tertiary/aromatic N) is 2. The number of quaternary nitrogens is 2. The molecule has 3 unspecified atom stereocenters. The van der Waals surface area contributed by atoms with Crippen LogP contribution in [0.5, 0.6) is 5.75 Å². The first-order chi connectivity index (χ1) is 13.7. The van der Waals surface area contributed by atoms with E-state index in [0.717, 1.165) is 12.8 Å². The number of aromatic hydroxyl groups is 1. The minimum absolute atomic E-state index is 0.0728. The maximum atomic E-state index is 12.6. The minimum Gasteiger partial charge on any atom is -0.507 e. The molecule has 0 aliphatic rings. The SMILES string of the molecule is [CH][N+](C)(C)C(=O)c1cc(C(C)(O)C[N+]([CH])(C)C(C)CCc2ccccc2)ccc1O. The van der Waals surface area contributed by atoms with Crippen LogP contribution in [0.25, 0.3) is 0 Å². The molecule has 0 saturated heterocycles. The van der Waals surface area contributed by atoms with Crippen LogP contribution in [0.1, 0.15) is 41.8 Å². The van der Waals surface area contributed by atoms with Gasteiger partial charge in [0.2, 0.25) is 14.1 Å². The van der Waals surface area contributed by atoms with Crippen molar-refractivity contribution in [2.75, 3.05) is 27.7 Å². The lowest BCUT2D eigenvalue weighted by Gasteiger charge is -2.40. The Morgan fingerprint density at radius 3 is 2.27 bits per heavy atom. The summed E-state index contributed by atoms with van der Waals surface area (Å²) in [4.78, 5) is 12.6. The van der Waals surface area contributed by atoms with Gasteiger partial charge < -0.3 is 14.7 Å². The first-order valence-corrected chi connectivity index (χ1v) is 10.1. The predicted molar refractivity (Wildman–Crippen MR) is 118 cm³/mol. The molecule has 2 N–H and O–H groups in total. The van der Waals surface area contributed by atoms with Crippen LogP contribution >= 0.6 is 0 Å². The third-order valence-corrected chi connectivity index (χ3v) is 5.72. The molecular formula is C25H34N2O3+2. The van der Waals surface area contributed by atoms with Crippen LogP contribution in [0, 0.1) is 14.1 Å². The van der Waals surface area contributed by atoms with E-state index < -0.39 is 16.0 Å². The van der Waals surface area contributed by atoms with E-state index in [1.54, 1.807) is 13.0 Å². The van der Waals surface area contributed by atoms with Gasteiger partial charge in [0.05, 0.1) is 27.2 Å². The molecule has 0 aliphatic heterocycles. The number of phenols is 1. The maximum Gasteiger partial charge on any atom is 0.349 e. The van der Waals surface area contributed by atoms with Gasteiger partial charge in [0.1, 0.15) is 23.5 Å². The van der Waals surface area contributed by atoms with Crippen LogP contribution in [0.4, 0.5) is 0 Å². The lowest BCUT2D eigenvalue weighted by Crippen LogP contribution is -2.52. The number of phenolic OH excluding ortho intramolecular Hbond substituents is 1. The Balaban J connectivity index is 2.18. The smallest absolute Gasteiger partial charge is 0.349 e. The van der Waals surface area contributed by atoms with E-state index in [4.69, 9.17) is 14.1 Å². The molecule has 30 heavy (non-hydrogen) atoms. The number of hydrogen-bond donors (Lipinski definition) is 2. The van der Waals surface area contributed by atoms with Gasteiger partial charge in [0.15, 0.2) is 0 Å². The van der Waals surface area contributed by atoms with Crippen LogP contribution in [-0.2, 0) is 12.0 Å². The summed E-state index contributed by atoms with van der Waals surface area (Å²) < 4.78 is -0.344. The number of benzene rings is 2. The van der Waals surface area contributed by atoms with Gasteiger partial charge in [-0.2, -0.15) is 0 Å². The lowest BCUT2D eigenvalue weighted by atomic mass is 9.91. The highest BCUT2D eigenvalue weighted by Gasteiger charge is 2.37. The van der Waals surface area contributed by atoms with Gasteiger partial charge in [-0.15, -0.1) is 0 Å². The normalized spacial score (nSPS) is 15.5. The number of hydrogen-bond acceptors (Lipinski definition) is 3. The summed E-state index contributed by atoms with van der Waals surface area (Å²) in [5.41, 5.74) is 0.519. The molecular weight excluding hydrogens is 376 g/mol. The van der Waals surface area contributed by atoms with Crippen molar-refractivity contribution >= 4 is 5.91 Å². The molecule has 4 radical (unpaired) electrons. The van der Waals surface area contributed by atoms with Crippen LogP contribution in [-0.4, -0.2) is 58.8 Å². The van der Waals surface area contributed by atoms with Crippen molar-refractivity contribution in [3.63, 3.8) is 0 Å². The molecule has 1 amide bonds. The average Bonchev–Trinajstić information content (AvgIpc) is 2.65. The first kappa shape index (κ1) is 24.1. The van der Waals surface area contributed by atoms with E-state index in [0.29, 0.717) is 5.56 Å². The monoisotopic (exact) mass is 410 g/mol. The third-order valence-electron chi connectivity index (χ3n) is 5.72. The van der Waals surface area contributed by atoms with E-state index >= 15 is 0 Å². The number of amides is 1. The molecule has 2 rings (SSSR count). The molecule has 0 saturated carbocycles. The van der Waals surface area contributed by atoms with Crippen molar-refractivity contribution in [1.82, 2.24) is 0 Å². The molecule has 160 valence electrons. The van der Waals surface area contributed by atoms with Gasteiger partial charge in [0, 0.05) is 6.42 Å². The molecule has 5 nitrogen and oxygen atoms in total. The molecule has 3 atom stereocenters. The van der Waals surface area contributed by atoms with Crippen LogP contribution in [0.3, 0.4) is 0 Å². The average molecular weight is 411 g/mol. The third kappa shape index (κ3) is 5.91. The summed E-state index contributed by atoms with van der Waals surface area (Å²) >= 11 is 0. The van der Waals surface area contributed by atoms with Crippen molar-refractivity contribution in [1.29, 1.82) is 0 Å². The van der Waals surface area contributed by atoms with Gasteiger partial charge in [-0.1, -0.05) is 36.4 Å². The van der Waals surface area contributed by atoms with E-state index in [2.05, 4.69) is 19.1 Å². The van der Waals surface area contributed by atoms with Gasteiger partial charge >= 0.3 is 5.91 Å². The Hall–Kier alpha value is -2.21. The van der Waals surface area contributed by atoms with Crippen molar-refractivity contribution < 1.29 is 24.0 Å². The summed E-state index contributed by atoms with van der Waals surface area (Å²) in [6.07, 6.45) is 1.77. The summed E-state index contributed by atoms with van der Waals surface area (Å²) in [6, 6.07) is 14.8. The second-order valence-corrected chi connectivity index (χ2v) is 9.23. The van der Waals surface area contributed by atoms with E-state index in [9.17, 15) is 15.0 Å².